The van der Waals surface area contributed by atoms with Gasteiger partial charge in [0, 0.05) is 18.0 Å². The summed E-state index contributed by atoms with van der Waals surface area (Å²) in [7, 11) is 0. The normalized spacial score (nSPS) is 23.1. The van der Waals surface area contributed by atoms with Crippen molar-refractivity contribution in [2.45, 2.75) is 38.3 Å². The summed E-state index contributed by atoms with van der Waals surface area (Å²) in [4.78, 5) is 11.9. The summed E-state index contributed by atoms with van der Waals surface area (Å²) in [6.07, 6.45) is 2.48. The Balaban J connectivity index is 1.91. The second kappa shape index (κ2) is 6.35. The Morgan fingerprint density at radius 3 is 3.00 bits per heavy atom. The summed E-state index contributed by atoms with van der Waals surface area (Å²) in [5.74, 6) is -0.794. The van der Waals surface area contributed by atoms with Gasteiger partial charge in [0.15, 0.2) is 0 Å². The monoisotopic (exact) mass is 285 g/mol. The first-order valence-electron chi connectivity index (χ1n) is 6.46. The molecule has 1 aliphatic rings. The maximum atomic E-state index is 13.6. The molecular formula is C14H17ClFNO2. The van der Waals surface area contributed by atoms with Crippen LogP contribution < -0.4 is 5.32 Å². The smallest absolute Gasteiger partial charge is 0.223 e. The van der Waals surface area contributed by atoms with Crippen LogP contribution in [0.2, 0.25) is 5.02 Å². The van der Waals surface area contributed by atoms with E-state index in [-0.39, 0.29) is 23.4 Å². The summed E-state index contributed by atoms with van der Waals surface area (Å²) >= 11 is 5.68. The van der Waals surface area contributed by atoms with Gasteiger partial charge in [0.25, 0.3) is 0 Å². The van der Waals surface area contributed by atoms with Gasteiger partial charge in [0.2, 0.25) is 5.91 Å². The number of halogens is 2. The van der Waals surface area contributed by atoms with Crippen LogP contribution in [0.4, 0.5) is 4.39 Å². The van der Waals surface area contributed by atoms with Crippen molar-refractivity contribution in [1.29, 1.82) is 0 Å². The molecule has 1 saturated carbocycles. The van der Waals surface area contributed by atoms with Crippen LogP contribution in [0.15, 0.2) is 18.2 Å². The van der Waals surface area contributed by atoms with E-state index in [1.54, 1.807) is 12.1 Å². The lowest BCUT2D eigenvalue weighted by Gasteiger charge is -2.24. The summed E-state index contributed by atoms with van der Waals surface area (Å²) < 4.78 is 13.6. The highest BCUT2D eigenvalue weighted by molar-refractivity contribution is 6.30. The third-order valence-electron chi connectivity index (χ3n) is 3.50. The zero-order chi connectivity index (χ0) is 13.8. The van der Waals surface area contributed by atoms with Gasteiger partial charge in [-0.25, -0.2) is 4.39 Å². The average molecular weight is 286 g/mol. The summed E-state index contributed by atoms with van der Waals surface area (Å²) in [6.45, 7) is 0.123. The third-order valence-corrected chi connectivity index (χ3v) is 3.79. The number of hydrogen-bond acceptors (Lipinski definition) is 2. The number of carbonyl (C=O) groups is 1. The molecule has 3 nitrogen and oxygen atoms in total. The minimum atomic E-state index is -0.492. The molecule has 1 amide bonds. The lowest BCUT2D eigenvalue weighted by atomic mass is 9.86. The van der Waals surface area contributed by atoms with Gasteiger partial charge in [-0.1, -0.05) is 30.2 Å². The standard InChI is InChI=1S/C14H17ClFNO2/c15-12-6-2-4-10(13(12)16)8-17-14(19)9-3-1-5-11(18)7-9/h2,4,6,9,11,18H,1,3,5,7-8H2,(H,17,19)/t9-,11+/m0/s1. The van der Waals surface area contributed by atoms with Crippen molar-refractivity contribution in [3.8, 4) is 0 Å². The number of nitrogens with one attached hydrogen (secondary N) is 1. The van der Waals surface area contributed by atoms with Crippen LogP contribution >= 0.6 is 11.6 Å². The zero-order valence-corrected chi connectivity index (χ0v) is 11.3. The minimum absolute atomic E-state index is 0.0554. The van der Waals surface area contributed by atoms with Crippen LogP contribution in [0.25, 0.3) is 0 Å². The Labute approximate surface area is 116 Å². The van der Waals surface area contributed by atoms with Crippen LogP contribution in [0, 0.1) is 11.7 Å². The van der Waals surface area contributed by atoms with E-state index in [1.165, 1.54) is 6.07 Å². The molecule has 0 saturated heterocycles. The highest BCUT2D eigenvalue weighted by Crippen LogP contribution is 2.24. The first kappa shape index (κ1) is 14.3. The maximum Gasteiger partial charge on any atom is 0.223 e. The predicted octanol–water partition coefficient (Wildman–Crippen LogP) is 2.65. The molecule has 1 fully saturated rings. The fraction of sp³-hybridized carbons (Fsp3) is 0.500. The van der Waals surface area contributed by atoms with E-state index in [0.717, 1.165) is 19.3 Å². The van der Waals surface area contributed by atoms with Crippen molar-refractivity contribution in [2.24, 2.45) is 5.92 Å². The summed E-state index contributed by atoms with van der Waals surface area (Å²) in [5, 5.41) is 12.3. The first-order valence-corrected chi connectivity index (χ1v) is 6.84. The molecule has 0 unspecified atom stereocenters. The number of benzene rings is 1. The van der Waals surface area contributed by atoms with Crippen molar-refractivity contribution in [3.63, 3.8) is 0 Å². The molecule has 0 heterocycles. The molecule has 0 radical (unpaired) electrons. The molecule has 0 aromatic heterocycles. The van der Waals surface area contributed by atoms with Crippen LogP contribution in [0.1, 0.15) is 31.2 Å². The molecule has 1 aromatic rings. The van der Waals surface area contributed by atoms with Gasteiger partial charge in [0.05, 0.1) is 11.1 Å². The van der Waals surface area contributed by atoms with Crippen molar-refractivity contribution in [2.75, 3.05) is 0 Å². The molecule has 0 bridgehead atoms. The molecule has 1 aliphatic carbocycles. The number of aliphatic hydroxyl groups is 1. The van der Waals surface area contributed by atoms with E-state index in [1.807, 2.05) is 0 Å². The van der Waals surface area contributed by atoms with E-state index >= 15 is 0 Å². The highest BCUT2D eigenvalue weighted by Gasteiger charge is 2.25. The van der Waals surface area contributed by atoms with Crippen molar-refractivity contribution >= 4 is 17.5 Å². The van der Waals surface area contributed by atoms with Crippen LogP contribution in [-0.2, 0) is 11.3 Å². The van der Waals surface area contributed by atoms with Gasteiger partial charge in [-0.3, -0.25) is 4.79 Å². The second-order valence-electron chi connectivity index (χ2n) is 4.95. The van der Waals surface area contributed by atoms with Gasteiger partial charge in [-0.2, -0.15) is 0 Å². The summed E-state index contributed by atoms with van der Waals surface area (Å²) in [6, 6.07) is 4.72. The second-order valence-corrected chi connectivity index (χ2v) is 5.36. The fourth-order valence-corrected chi connectivity index (χ4v) is 2.61. The number of aliphatic hydroxyl groups excluding tert-OH is 1. The number of hydrogen-bond donors (Lipinski definition) is 2. The molecule has 19 heavy (non-hydrogen) atoms. The maximum absolute atomic E-state index is 13.6. The van der Waals surface area contributed by atoms with E-state index < -0.39 is 11.9 Å². The van der Waals surface area contributed by atoms with E-state index in [0.29, 0.717) is 12.0 Å². The molecular weight excluding hydrogens is 269 g/mol. The molecule has 104 valence electrons. The lowest BCUT2D eigenvalue weighted by Crippen LogP contribution is -2.34. The van der Waals surface area contributed by atoms with E-state index in [4.69, 9.17) is 11.6 Å². The molecule has 2 atom stereocenters. The third kappa shape index (κ3) is 3.67. The quantitative estimate of drug-likeness (QED) is 0.897. The lowest BCUT2D eigenvalue weighted by molar-refractivity contribution is -0.127. The first-order chi connectivity index (χ1) is 9.08. The van der Waals surface area contributed by atoms with Gasteiger partial charge in [-0.05, 0) is 25.3 Å². The summed E-state index contributed by atoms with van der Waals surface area (Å²) in [5.41, 5.74) is 0.372. The fourth-order valence-electron chi connectivity index (χ4n) is 2.41. The van der Waals surface area contributed by atoms with Crippen molar-refractivity contribution in [1.82, 2.24) is 5.32 Å². The SMILES string of the molecule is O=C(NCc1cccc(Cl)c1F)[C@H]1CCC[C@@H](O)C1. The Kier molecular flexibility index (Phi) is 4.77. The molecule has 2 rings (SSSR count). The Bertz CT molecular complexity index is 467. The Morgan fingerprint density at radius 1 is 1.47 bits per heavy atom. The zero-order valence-electron chi connectivity index (χ0n) is 10.5. The van der Waals surface area contributed by atoms with E-state index in [9.17, 15) is 14.3 Å². The average Bonchev–Trinajstić information content (AvgIpc) is 2.40. The topological polar surface area (TPSA) is 49.3 Å². The molecule has 2 N–H and O–H groups in total. The van der Waals surface area contributed by atoms with Crippen LogP contribution in [0.5, 0.6) is 0 Å². The van der Waals surface area contributed by atoms with Crippen LogP contribution in [-0.4, -0.2) is 17.1 Å². The largest absolute Gasteiger partial charge is 0.393 e. The number of rotatable bonds is 3. The van der Waals surface area contributed by atoms with Crippen molar-refractivity contribution in [3.05, 3.63) is 34.6 Å². The molecule has 1 aromatic carbocycles. The number of amides is 1. The Morgan fingerprint density at radius 2 is 2.26 bits per heavy atom. The molecule has 0 spiro atoms. The van der Waals surface area contributed by atoms with Gasteiger partial charge >= 0.3 is 0 Å². The van der Waals surface area contributed by atoms with Gasteiger partial charge in [-0.15, -0.1) is 0 Å². The molecule has 5 heteroatoms. The van der Waals surface area contributed by atoms with Gasteiger partial charge in [0.1, 0.15) is 5.82 Å². The number of carbonyl (C=O) groups excluding carboxylic acids is 1. The van der Waals surface area contributed by atoms with E-state index in [2.05, 4.69) is 5.32 Å². The minimum Gasteiger partial charge on any atom is -0.393 e. The highest BCUT2D eigenvalue weighted by atomic mass is 35.5. The molecule has 0 aliphatic heterocycles. The van der Waals surface area contributed by atoms with Crippen LogP contribution in [0.3, 0.4) is 0 Å². The Hall–Kier alpha value is -1.13. The van der Waals surface area contributed by atoms with Crippen molar-refractivity contribution < 1.29 is 14.3 Å². The van der Waals surface area contributed by atoms with Gasteiger partial charge < -0.3 is 10.4 Å². The predicted molar refractivity (Wildman–Crippen MR) is 71.2 cm³/mol.